The first-order chi connectivity index (χ1) is 15.5. The van der Waals surface area contributed by atoms with E-state index in [1.165, 1.54) is 6.26 Å². The van der Waals surface area contributed by atoms with Gasteiger partial charge in [-0.1, -0.05) is 6.07 Å². The minimum Gasteiger partial charge on any atom is -0.493 e. The maximum absolute atomic E-state index is 13.1. The molecule has 0 unspecified atom stereocenters. The first-order valence-corrected chi connectivity index (χ1v) is 10.7. The van der Waals surface area contributed by atoms with Gasteiger partial charge in [-0.15, -0.1) is 0 Å². The summed E-state index contributed by atoms with van der Waals surface area (Å²) in [6, 6.07) is 10.5. The normalized spacial score (nSPS) is 16.1. The fraction of sp³-hybridized carbons (Fsp3) is 0.360. The van der Waals surface area contributed by atoms with Gasteiger partial charge in [-0.25, -0.2) is 0 Å². The van der Waals surface area contributed by atoms with Crippen molar-refractivity contribution >= 4 is 16.9 Å². The number of methoxy groups -OCH3 is 2. The van der Waals surface area contributed by atoms with Crippen LogP contribution in [-0.2, 0) is 4.79 Å². The molecule has 7 heteroatoms. The fourth-order valence-corrected chi connectivity index (χ4v) is 4.10. The smallest absolute Gasteiger partial charge is 0.260 e. The number of piperidine rings is 1. The molecule has 1 aromatic heterocycles. The number of carbonyl (C=O) groups is 1. The Morgan fingerprint density at radius 2 is 1.91 bits per heavy atom. The van der Waals surface area contributed by atoms with E-state index < -0.39 is 0 Å². The minimum atomic E-state index is -0.164. The Morgan fingerprint density at radius 1 is 1.09 bits per heavy atom. The van der Waals surface area contributed by atoms with Crippen molar-refractivity contribution in [3.8, 4) is 28.4 Å². The Balaban J connectivity index is 1.55. The van der Waals surface area contributed by atoms with Crippen LogP contribution in [-0.4, -0.2) is 44.2 Å². The van der Waals surface area contributed by atoms with Crippen molar-refractivity contribution in [2.75, 3.05) is 27.4 Å². The molecule has 0 saturated carbocycles. The second-order valence-electron chi connectivity index (χ2n) is 7.93. The van der Waals surface area contributed by atoms with Crippen LogP contribution in [0.2, 0.25) is 0 Å². The van der Waals surface area contributed by atoms with Gasteiger partial charge < -0.3 is 23.5 Å². The molecule has 7 nitrogen and oxygen atoms in total. The summed E-state index contributed by atoms with van der Waals surface area (Å²) in [5.74, 6) is 1.57. The van der Waals surface area contributed by atoms with Crippen LogP contribution in [0, 0.1) is 0 Å². The van der Waals surface area contributed by atoms with Crippen molar-refractivity contribution in [1.29, 1.82) is 0 Å². The number of amides is 1. The largest absolute Gasteiger partial charge is 0.493 e. The van der Waals surface area contributed by atoms with Crippen molar-refractivity contribution in [2.45, 2.75) is 32.2 Å². The summed E-state index contributed by atoms with van der Waals surface area (Å²) in [4.78, 5) is 27.5. The first-order valence-electron chi connectivity index (χ1n) is 10.7. The Bertz CT molecular complexity index is 1180. The summed E-state index contributed by atoms with van der Waals surface area (Å²) in [7, 11) is 3.10. The lowest BCUT2D eigenvalue weighted by Crippen LogP contribution is -2.44. The van der Waals surface area contributed by atoms with Gasteiger partial charge in [-0.05, 0) is 56.0 Å². The molecule has 1 aliphatic rings. The number of nitrogens with zero attached hydrogens (tertiary/aromatic N) is 1. The van der Waals surface area contributed by atoms with Crippen molar-refractivity contribution in [3.05, 3.63) is 52.9 Å². The van der Waals surface area contributed by atoms with Crippen LogP contribution in [0.5, 0.6) is 17.2 Å². The highest BCUT2D eigenvalue weighted by Crippen LogP contribution is 2.32. The second-order valence-corrected chi connectivity index (χ2v) is 7.93. The lowest BCUT2D eigenvalue weighted by molar-refractivity contribution is -0.136. The van der Waals surface area contributed by atoms with Crippen LogP contribution in [0.25, 0.3) is 22.1 Å². The molecule has 0 bridgehead atoms. The number of hydrogen-bond donors (Lipinski definition) is 0. The highest BCUT2D eigenvalue weighted by molar-refractivity contribution is 5.83. The molecular weight excluding hydrogens is 410 g/mol. The summed E-state index contributed by atoms with van der Waals surface area (Å²) in [6.07, 6.45) is 4.63. The number of carbonyl (C=O) groups excluding carboxylic acids is 1. The van der Waals surface area contributed by atoms with Gasteiger partial charge in [-0.3, -0.25) is 9.59 Å². The number of hydrogen-bond acceptors (Lipinski definition) is 6. The van der Waals surface area contributed by atoms with Crippen LogP contribution in [0.4, 0.5) is 0 Å². The van der Waals surface area contributed by atoms with Crippen molar-refractivity contribution in [3.63, 3.8) is 0 Å². The average molecular weight is 437 g/mol. The quantitative estimate of drug-likeness (QED) is 0.574. The molecule has 3 aromatic rings. The lowest BCUT2D eigenvalue weighted by Gasteiger charge is -2.33. The highest BCUT2D eigenvalue weighted by Gasteiger charge is 2.23. The predicted molar refractivity (Wildman–Crippen MR) is 122 cm³/mol. The third-order valence-electron chi connectivity index (χ3n) is 5.93. The predicted octanol–water partition coefficient (Wildman–Crippen LogP) is 4.26. The zero-order valence-corrected chi connectivity index (χ0v) is 18.6. The molecule has 168 valence electrons. The van der Waals surface area contributed by atoms with Gasteiger partial charge in [0.1, 0.15) is 17.6 Å². The zero-order valence-electron chi connectivity index (χ0n) is 18.6. The lowest BCUT2D eigenvalue weighted by atomic mass is 10.0. The molecule has 0 spiro atoms. The minimum absolute atomic E-state index is 0.0254. The van der Waals surface area contributed by atoms with Crippen LogP contribution in [0.15, 0.2) is 51.9 Å². The van der Waals surface area contributed by atoms with Crippen LogP contribution >= 0.6 is 0 Å². The van der Waals surface area contributed by atoms with Crippen molar-refractivity contribution in [1.82, 2.24) is 4.90 Å². The van der Waals surface area contributed by atoms with Gasteiger partial charge in [-0.2, -0.15) is 0 Å². The summed E-state index contributed by atoms with van der Waals surface area (Å²) in [6.45, 7) is 2.80. The standard InChI is InChI=1S/C25H27NO6/c1-16-6-4-5-11-26(16)24(27)15-31-18-8-9-19-22(13-18)32-14-20(25(19)28)17-7-10-21(29-2)23(12-17)30-3/h7-10,12-14,16H,4-6,11,15H2,1-3H3/t16-/m1/s1. The van der Waals surface area contributed by atoms with Gasteiger partial charge >= 0.3 is 0 Å². The fourth-order valence-electron chi connectivity index (χ4n) is 4.10. The van der Waals surface area contributed by atoms with E-state index in [-0.39, 0.29) is 24.0 Å². The van der Waals surface area contributed by atoms with E-state index in [9.17, 15) is 9.59 Å². The molecule has 2 aromatic carbocycles. The van der Waals surface area contributed by atoms with Crippen LogP contribution in [0.1, 0.15) is 26.2 Å². The Kier molecular flexibility index (Phi) is 6.35. The van der Waals surface area contributed by atoms with Crippen molar-refractivity contribution < 1.29 is 23.4 Å². The van der Waals surface area contributed by atoms with E-state index in [2.05, 4.69) is 6.92 Å². The van der Waals surface area contributed by atoms with E-state index in [1.807, 2.05) is 4.90 Å². The number of fused-ring (bicyclic) bond motifs is 1. The van der Waals surface area contributed by atoms with E-state index in [0.717, 1.165) is 25.8 Å². The summed E-state index contributed by atoms with van der Waals surface area (Å²) in [5.41, 5.74) is 1.32. The summed E-state index contributed by atoms with van der Waals surface area (Å²) < 4.78 is 22.0. The molecule has 2 heterocycles. The molecule has 1 aliphatic heterocycles. The van der Waals surface area contributed by atoms with Gasteiger partial charge in [0.2, 0.25) is 0 Å². The van der Waals surface area contributed by atoms with E-state index >= 15 is 0 Å². The molecule has 32 heavy (non-hydrogen) atoms. The Hall–Kier alpha value is -3.48. The monoisotopic (exact) mass is 437 g/mol. The molecule has 1 amide bonds. The number of ether oxygens (including phenoxy) is 3. The molecular formula is C25H27NO6. The summed E-state index contributed by atoms with van der Waals surface area (Å²) >= 11 is 0. The summed E-state index contributed by atoms with van der Waals surface area (Å²) in [5, 5.41) is 0.431. The zero-order chi connectivity index (χ0) is 22.7. The molecule has 1 atom stereocenters. The first kappa shape index (κ1) is 21.7. The molecule has 1 saturated heterocycles. The van der Waals surface area contributed by atoms with E-state index in [0.29, 0.717) is 39.3 Å². The third-order valence-corrected chi connectivity index (χ3v) is 5.93. The number of rotatable bonds is 6. The highest BCUT2D eigenvalue weighted by atomic mass is 16.5. The maximum Gasteiger partial charge on any atom is 0.260 e. The number of likely N-dealkylation sites (tertiary alicyclic amines) is 1. The Labute approximate surface area is 186 Å². The molecule has 0 radical (unpaired) electrons. The topological polar surface area (TPSA) is 78.2 Å². The SMILES string of the molecule is COc1ccc(-c2coc3cc(OCC(=O)N4CCCC[C@H]4C)ccc3c2=O)cc1OC. The van der Waals surface area contributed by atoms with Crippen LogP contribution in [0.3, 0.4) is 0 Å². The Morgan fingerprint density at radius 3 is 2.66 bits per heavy atom. The van der Waals surface area contributed by atoms with E-state index in [4.69, 9.17) is 18.6 Å². The second kappa shape index (κ2) is 9.34. The molecule has 1 fully saturated rings. The van der Waals surface area contributed by atoms with Gasteiger partial charge in [0.05, 0.1) is 25.2 Å². The average Bonchev–Trinajstić information content (AvgIpc) is 2.82. The molecule has 0 N–H and O–H groups in total. The van der Waals surface area contributed by atoms with Gasteiger partial charge in [0, 0.05) is 18.7 Å². The van der Waals surface area contributed by atoms with Gasteiger partial charge in [0.25, 0.3) is 5.91 Å². The third kappa shape index (κ3) is 4.28. The molecule has 4 rings (SSSR count). The van der Waals surface area contributed by atoms with Gasteiger partial charge in [0.15, 0.2) is 23.5 Å². The maximum atomic E-state index is 13.1. The van der Waals surface area contributed by atoms with Crippen LogP contribution < -0.4 is 19.6 Å². The van der Waals surface area contributed by atoms with Crippen molar-refractivity contribution in [2.24, 2.45) is 0 Å². The molecule has 0 aliphatic carbocycles. The number of benzene rings is 2. The van der Waals surface area contributed by atoms with E-state index in [1.54, 1.807) is 50.6 Å².